The van der Waals surface area contributed by atoms with E-state index in [0.29, 0.717) is 17.6 Å². The van der Waals surface area contributed by atoms with E-state index in [1.807, 2.05) is 39.1 Å². The third kappa shape index (κ3) is 6.16. The number of nitrogens with one attached hydrogen (secondary N) is 1. The molecule has 2 atom stereocenters. The van der Waals surface area contributed by atoms with E-state index in [2.05, 4.69) is 9.62 Å². The Morgan fingerprint density at radius 3 is 2.62 bits per heavy atom. The van der Waals surface area contributed by atoms with Gasteiger partial charge in [-0.1, -0.05) is 19.9 Å². The van der Waals surface area contributed by atoms with Gasteiger partial charge in [0.05, 0.1) is 29.2 Å². The molecule has 37 heavy (non-hydrogen) atoms. The van der Waals surface area contributed by atoms with Crippen LogP contribution < -0.4 is 15.4 Å². The molecule has 0 spiro atoms. The molecule has 1 aromatic carbocycles. The number of hydrogen-bond donors (Lipinski definition) is 2. The Labute approximate surface area is 224 Å². The molecule has 10 nitrogen and oxygen atoms in total. The van der Waals surface area contributed by atoms with Crippen molar-refractivity contribution in [1.82, 2.24) is 19.5 Å². The van der Waals surface area contributed by atoms with Crippen LogP contribution in [-0.4, -0.2) is 66.3 Å². The molecule has 3 N–H and O–H groups in total. The summed E-state index contributed by atoms with van der Waals surface area (Å²) >= 11 is 0. The van der Waals surface area contributed by atoms with Gasteiger partial charge in [-0.25, -0.2) is 17.9 Å². The summed E-state index contributed by atoms with van der Waals surface area (Å²) in [7, 11) is -1.83. The molecule has 1 aliphatic heterocycles. The maximum absolute atomic E-state index is 13.6. The number of halogens is 1. The van der Waals surface area contributed by atoms with Gasteiger partial charge in [-0.2, -0.15) is 5.10 Å². The molecule has 1 amide bonds. The van der Waals surface area contributed by atoms with Crippen molar-refractivity contribution in [2.24, 2.45) is 5.73 Å². The lowest BCUT2D eigenvalue weighted by Gasteiger charge is -2.27. The van der Waals surface area contributed by atoms with Crippen molar-refractivity contribution in [2.45, 2.75) is 52.1 Å². The molecule has 3 aromatic rings. The molecule has 2 aromatic heterocycles. The Balaban J connectivity index is 0.00000380. The van der Waals surface area contributed by atoms with Gasteiger partial charge in [0.25, 0.3) is 5.91 Å². The summed E-state index contributed by atoms with van der Waals surface area (Å²) in [6.45, 7) is 7.65. The van der Waals surface area contributed by atoms with Crippen LogP contribution in [0.15, 0.2) is 30.5 Å². The van der Waals surface area contributed by atoms with Crippen LogP contribution in [-0.2, 0) is 16.4 Å². The second-order valence-corrected chi connectivity index (χ2v) is 11.3. The summed E-state index contributed by atoms with van der Waals surface area (Å²) < 4.78 is 28.1. The third-order valence-corrected chi connectivity index (χ3v) is 7.27. The summed E-state index contributed by atoms with van der Waals surface area (Å²) in [5.74, 6) is 0.628. The molecular formula is C25H36ClN7O3S. The highest BCUT2D eigenvalue weighted by Gasteiger charge is 2.27. The number of benzene rings is 1. The molecule has 0 bridgehead atoms. The second-order valence-electron chi connectivity index (χ2n) is 9.56. The van der Waals surface area contributed by atoms with E-state index in [9.17, 15) is 13.2 Å². The van der Waals surface area contributed by atoms with E-state index in [0.717, 1.165) is 54.8 Å². The lowest BCUT2D eigenvalue weighted by molar-refractivity contribution is 0.0723. The van der Waals surface area contributed by atoms with Crippen molar-refractivity contribution < 1.29 is 13.2 Å². The Hall–Kier alpha value is -2.89. The number of fused-ring (bicyclic) bond motifs is 1. The number of aromatic nitrogens is 3. The van der Waals surface area contributed by atoms with E-state index in [-0.39, 0.29) is 36.1 Å². The number of hydrogen-bond acceptors (Lipinski definition) is 7. The number of sulfonamides is 1. The SMILES string of the molecule is CCc1ccc(NS(C)(=O)=O)c(C(=O)N(C)[C@@H](CC)c2cc3nc(N4CC[C@H](N)C4)c(C)cn3n2)c1.Cl. The largest absolute Gasteiger partial charge is 0.355 e. The number of aryl methyl sites for hydroxylation is 2. The van der Waals surface area contributed by atoms with Crippen LogP contribution in [0.25, 0.3) is 5.65 Å². The van der Waals surface area contributed by atoms with E-state index >= 15 is 0 Å². The van der Waals surface area contributed by atoms with Crippen LogP contribution in [0, 0.1) is 6.92 Å². The minimum absolute atomic E-state index is 0. The number of nitrogens with two attached hydrogens (primary N) is 1. The molecule has 0 aliphatic carbocycles. The molecule has 12 heteroatoms. The van der Waals surface area contributed by atoms with Crippen molar-refractivity contribution in [2.75, 3.05) is 36.0 Å². The van der Waals surface area contributed by atoms with Crippen molar-refractivity contribution in [3.63, 3.8) is 0 Å². The van der Waals surface area contributed by atoms with Crippen molar-refractivity contribution in [3.8, 4) is 0 Å². The first-order valence-electron chi connectivity index (χ1n) is 12.3. The highest BCUT2D eigenvalue weighted by atomic mass is 35.5. The number of anilines is 2. The zero-order valence-corrected chi connectivity index (χ0v) is 23.6. The van der Waals surface area contributed by atoms with E-state index in [4.69, 9.17) is 15.8 Å². The first kappa shape index (κ1) is 28.7. The van der Waals surface area contributed by atoms with E-state index in [1.54, 1.807) is 28.6 Å². The number of rotatable bonds is 8. The summed E-state index contributed by atoms with van der Waals surface area (Å²) in [6.07, 6.45) is 5.32. The molecule has 3 heterocycles. The molecule has 202 valence electrons. The average Bonchev–Trinajstić information content (AvgIpc) is 3.43. The summed E-state index contributed by atoms with van der Waals surface area (Å²) in [5, 5.41) is 4.75. The van der Waals surface area contributed by atoms with Gasteiger partial charge in [0.2, 0.25) is 10.0 Å². The molecule has 1 aliphatic rings. The van der Waals surface area contributed by atoms with Crippen LogP contribution in [0.1, 0.15) is 59.9 Å². The lowest BCUT2D eigenvalue weighted by atomic mass is 10.0. The maximum Gasteiger partial charge on any atom is 0.256 e. The fourth-order valence-electron chi connectivity index (χ4n) is 4.77. The smallest absolute Gasteiger partial charge is 0.256 e. The Kier molecular flexibility index (Phi) is 8.71. The topological polar surface area (TPSA) is 126 Å². The van der Waals surface area contributed by atoms with Crippen molar-refractivity contribution in [1.29, 1.82) is 0 Å². The van der Waals surface area contributed by atoms with Gasteiger partial charge in [0.15, 0.2) is 5.65 Å². The molecule has 0 unspecified atom stereocenters. The number of carbonyl (C=O) groups is 1. The maximum atomic E-state index is 13.6. The number of carbonyl (C=O) groups excluding carboxylic acids is 1. The van der Waals surface area contributed by atoms with Crippen LogP contribution in [0.2, 0.25) is 0 Å². The molecular weight excluding hydrogens is 514 g/mol. The van der Waals surface area contributed by atoms with E-state index < -0.39 is 10.0 Å². The van der Waals surface area contributed by atoms with Gasteiger partial charge in [-0.3, -0.25) is 9.52 Å². The van der Waals surface area contributed by atoms with Crippen molar-refractivity contribution in [3.05, 3.63) is 52.8 Å². The fourth-order valence-corrected chi connectivity index (χ4v) is 5.35. The first-order chi connectivity index (χ1) is 17.0. The summed E-state index contributed by atoms with van der Waals surface area (Å²) in [4.78, 5) is 22.3. The van der Waals surface area contributed by atoms with Gasteiger partial charge >= 0.3 is 0 Å². The molecule has 1 saturated heterocycles. The van der Waals surface area contributed by atoms with Crippen LogP contribution in [0.4, 0.5) is 11.5 Å². The minimum Gasteiger partial charge on any atom is -0.355 e. The predicted molar refractivity (Wildman–Crippen MR) is 149 cm³/mol. The zero-order chi connectivity index (χ0) is 26.2. The standard InChI is InChI=1S/C25H35N7O3S.ClH/c1-6-17-8-9-20(29-36(5,34)35)19(12-17)25(33)30(4)22(7-2)21-13-23-27-24(16(3)14-32(23)28-21)31-11-10-18(26)15-31;/h8-9,12-14,18,22,29H,6-7,10-11,15,26H2,1-5H3;1H/t18-,22-;/m0./s1. The van der Waals surface area contributed by atoms with Gasteiger partial charge in [-0.05, 0) is 43.9 Å². The Morgan fingerprint density at radius 2 is 2.03 bits per heavy atom. The second kappa shape index (κ2) is 11.2. The van der Waals surface area contributed by atoms with Crippen molar-refractivity contribution >= 4 is 45.5 Å². The zero-order valence-electron chi connectivity index (χ0n) is 21.9. The molecule has 4 rings (SSSR count). The van der Waals surface area contributed by atoms with Gasteiger partial charge in [0, 0.05) is 44.0 Å². The monoisotopic (exact) mass is 549 g/mol. The van der Waals surface area contributed by atoms with Crippen LogP contribution in [0.5, 0.6) is 0 Å². The molecule has 0 saturated carbocycles. The average molecular weight is 550 g/mol. The molecule has 1 fully saturated rings. The molecule has 0 radical (unpaired) electrons. The van der Waals surface area contributed by atoms with Crippen LogP contribution in [0.3, 0.4) is 0 Å². The Morgan fingerprint density at radius 1 is 1.30 bits per heavy atom. The van der Waals surface area contributed by atoms with Gasteiger partial charge in [-0.15, -0.1) is 12.4 Å². The first-order valence-corrected chi connectivity index (χ1v) is 14.1. The number of nitrogens with zero attached hydrogens (tertiary/aromatic N) is 5. The predicted octanol–water partition coefficient (Wildman–Crippen LogP) is 3.15. The number of amides is 1. The summed E-state index contributed by atoms with van der Waals surface area (Å²) in [6, 6.07) is 6.96. The highest BCUT2D eigenvalue weighted by Crippen LogP contribution is 2.29. The van der Waals surface area contributed by atoms with Gasteiger partial charge in [0.1, 0.15) is 5.82 Å². The lowest BCUT2D eigenvalue weighted by Crippen LogP contribution is -2.32. The normalized spacial score (nSPS) is 16.5. The van der Waals surface area contributed by atoms with E-state index in [1.165, 1.54) is 0 Å². The fraction of sp³-hybridized carbons (Fsp3) is 0.480. The third-order valence-electron chi connectivity index (χ3n) is 6.68. The Bertz CT molecular complexity index is 1390. The van der Waals surface area contributed by atoms with Crippen LogP contribution >= 0.6 is 12.4 Å². The highest BCUT2D eigenvalue weighted by molar-refractivity contribution is 7.92. The quantitative estimate of drug-likeness (QED) is 0.442. The summed E-state index contributed by atoms with van der Waals surface area (Å²) in [5.41, 5.74) is 10.1. The van der Waals surface area contributed by atoms with Gasteiger partial charge < -0.3 is 15.5 Å². The minimum atomic E-state index is -3.55.